The SMILES string of the molecule is COc1ccc(CN2CCC(N)CC2)cc1Br.Cl. The molecular formula is C13H20BrClN2O. The van der Waals surface area contributed by atoms with Gasteiger partial charge in [-0.1, -0.05) is 6.07 Å². The second kappa shape index (κ2) is 7.34. The van der Waals surface area contributed by atoms with Crippen molar-refractivity contribution in [1.82, 2.24) is 4.90 Å². The summed E-state index contributed by atoms with van der Waals surface area (Å²) < 4.78 is 6.25. The molecular weight excluding hydrogens is 316 g/mol. The van der Waals surface area contributed by atoms with Crippen LogP contribution < -0.4 is 10.5 Å². The maximum absolute atomic E-state index is 5.90. The number of methoxy groups -OCH3 is 1. The number of rotatable bonds is 3. The van der Waals surface area contributed by atoms with E-state index in [2.05, 4.69) is 33.0 Å². The van der Waals surface area contributed by atoms with Crippen molar-refractivity contribution in [3.05, 3.63) is 28.2 Å². The lowest BCUT2D eigenvalue weighted by Crippen LogP contribution is -2.39. The highest BCUT2D eigenvalue weighted by molar-refractivity contribution is 9.10. The van der Waals surface area contributed by atoms with Crippen molar-refractivity contribution in [1.29, 1.82) is 0 Å². The molecule has 0 amide bonds. The van der Waals surface area contributed by atoms with Crippen molar-refractivity contribution in [3.63, 3.8) is 0 Å². The number of likely N-dealkylation sites (tertiary alicyclic amines) is 1. The molecule has 5 heteroatoms. The highest BCUT2D eigenvalue weighted by Gasteiger charge is 2.16. The number of benzene rings is 1. The topological polar surface area (TPSA) is 38.5 Å². The number of hydrogen-bond acceptors (Lipinski definition) is 3. The van der Waals surface area contributed by atoms with Crippen LogP contribution in [0.2, 0.25) is 0 Å². The fourth-order valence-electron chi connectivity index (χ4n) is 2.18. The van der Waals surface area contributed by atoms with Gasteiger partial charge in [0.15, 0.2) is 0 Å². The Morgan fingerprint density at radius 1 is 1.39 bits per heavy atom. The predicted molar refractivity (Wildman–Crippen MR) is 80.4 cm³/mol. The van der Waals surface area contributed by atoms with Crippen molar-refractivity contribution in [2.45, 2.75) is 25.4 Å². The van der Waals surface area contributed by atoms with Crippen LogP contribution in [0.1, 0.15) is 18.4 Å². The molecule has 0 spiro atoms. The Bertz CT molecular complexity index is 381. The summed E-state index contributed by atoms with van der Waals surface area (Å²) in [6.07, 6.45) is 2.22. The Morgan fingerprint density at radius 2 is 2.06 bits per heavy atom. The van der Waals surface area contributed by atoms with E-state index >= 15 is 0 Å². The molecule has 0 aliphatic carbocycles. The quantitative estimate of drug-likeness (QED) is 0.923. The molecule has 2 rings (SSSR count). The zero-order valence-electron chi connectivity index (χ0n) is 10.6. The average molecular weight is 336 g/mol. The van der Waals surface area contributed by atoms with Gasteiger partial charge < -0.3 is 10.5 Å². The predicted octanol–water partition coefficient (Wildman–Crippen LogP) is 2.80. The Kier molecular flexibility index (Phi) is 6.43. The van der Waals surface area contributed by atoms with E-state index in [0.717, 1.165) is 42.7 Å². The van der Waals surface area contributed by atoms with E-state index in [1.165, 1.54) is 5.56 Å². The van der Waals surface area contributed by atoms with E-state index in [-0.39, 0.29) is 12.4 Å². The van der Waals surface area contributed by atoms with Crippen LogP contribution in [0.5, 0.6) is 5.75 Å². The van der Waals surface area contributed by atoms with E-state index < -0.39 is 0 Å². The van der Waals surface area contributed by atoms with Crippen molar-refractivity contribution in [2.75, 3.05) is 20.2 Å². The monoisotopic (exact) mass is 334 g/mol. The van der Waals surface area contributed by atoms with Gasteiger partial charge in [-0.05, 0) is 59.6 Å². The van der Waals surface area contributed by atoms with Gasteiger partial charge in [0, 0.05) is 12.6 Å². The smallest absolute Gasteiger partial charge is 0.133 e. The van der Waals surface area contributed by atoms with Gasteiger partial charge >= 0.3 is 0 Å². The van der Waals surface area contributed by atoms with Gasteiger partial charge in [-0.15, -0.1) is 12.4 Å². The van der Waals surface area contributed by atoms with Gasteiger partial charge in [0.1, 0.15) is 5.75 Å². The molecule has 18 heavy (non-hydrogen) atoms. The molecule has 0 bridgehead atoms. The van der Waals surface area contributed by atoms with Gasteiger partial charge in [-0.3, -0.25) is 4.90 Å². The summed E-state index contributed by atoms with van der Waals surface area (Å²) in [5.41, 5.74) is 7.21. The molecule has 1 aromatic carbocycles. The number of nitrogens with two attached hydrogens (primary N) is 1. The van der Waals surface area contributed by atoms with Crippen LogP contribution >= 0.6 is 28.3 Å². The highest BCUT2D eigenvalue weighted by Crippen LogP contribution is 2.26. The summed E-state index contributed by atoms with van der Waals surface area (Å²) in [6.45, 7) is 3.20. The molecule has 2 N–H and O–H groups in total. The molecule has 1 aromatic rings. The first-order chi connectivity index (χ1) is 8.19. The van der Waals surface area contributed by atoms with Gasteiger partial charge in [-0.25, -0.2) is 0 Å². The van der Waals surface area contributed by atoms with E-state index in [4.69, 9.17) is 10.5 Å². The molecule has 0 aromatic heterocycles. The summed E-state index contributed by atoms with van der Waals surface area (Å²) in [7, 11) is 1.69. The summed E-state index contributed by atoms with van der Waals surface area (Å²) in [5, 5.41) is 0. The Balaban J connectivity index is 0.00000162. The largest absolute Gasteiger partial charge is 0.496 e. The number of nitrogens with zero attached hydrogens (tertiary/aromatic N) is 1. The summed E-state index contributed by atoms with van der Waals surface area (Å²) >= 11 is 3.52. The van der Waals surface area contributed by atoms with E-state index in [1.54, 1.807) is 7.11 Å². The highest BCUT2D eigenvalue weighted by atomic mass is 79.9. The molecule has 1 fully saturated rings. The zero-order valence-corrected chi connectivity index (χ0v) is 13.0. The zero-order chi connectivity index (χ0) is 12.3. The van der Waals surface area contributed by atoms with Crippen molar-refractivity contribution in [2.24, 2.45) is 5.73 Å². The van der Waals surface area contributed by atoms with Crippen LogP contribution in [-0.4, -0.2) is 31.1 Å². The molecule has 0 saturated carbocycles. The molecule has 1 heterocycles. The summed E-state index contributed by atoms with van der Waals surface area (Å²) in [5.74, 6) is 0.884. The van der Waals surface area contributed by atoms with Crippen molar-refractivity contribution in [3.8, 4) is 5.75 Å². The van der Waals surface area contributed by atoms with Crippen molar-refractivity contribution >= 4 is 28.3 Å². The fraction of sp³-hybridized carbons (Fsp3) is 0.538. The number of halogens is 2. The van der Waals surface area contributed by atoms with Gasteiger partial charge in [0.05, 0.1) is 11.6 Å². The first kappa shape index (κ1) is 15.8. The van der Waals surface area contributed by atoms with E-state index in [9.17, 15) is 0 Å². The second-order valence-corrected chi connectivity index (χ2v) is 5.44. The fourth-order valence-corrected chi connectivity index (χ4v) is 2.77. The maximum atomic E-state index is 5.90. The number of piperidine rings is 1. The Labute approximate surface area is 123 Å². The minimum Gasteiger partial charge on any atom is -0.496 e. The Morgan fingerprint density at radius 3 is 2.61 bits per heavy atom. The van der Waals surface area contributed by atoms with Crippen LogP contribution in [0.3, 0.4) is 0 Å². The molecule has 102 valence electrons. The van der Waals surface area contributed by atoms with E-state index in [0.29, 0.717) is 6.04 Å². The third kappa shape index (κ3) is 4.12. The maximum Gasteiger partial charge on any atom is 0.133 e. The standard InChI is InChI=1S/C13H19BrN2O.ClH/c1-17-13-3-2-10(8-12(13)14)9-16-6-4-11(15)5-7-16;/h2-3,8,11H,4-7,9,15H2,1H3;1H. The van der Waals surface area contributed by atoms with Gasteiger partial charge in [0.2, 0.25) is 0 Å². The Hall–Kier alpha value is -0.290. The lowest BCUT2D eigenvalue weighted by atomic mass is 10.1. The van der Waals surface area contributed by atoms with E-state index in [1.807, 2.05) is 6.07 Å². The number of hydrogen-bond donors (Lipinski definition) is 1. The molecule has 3 nitrogen and oxygen atoms in total. The summed E-state index contributed by atoms with van der Waals surface area (Å²) in [6, 6.07) is 6.66. The van der Waals surface area contributed by atoms with Crippen LogP contribution in [-0.2, 0) is 6.54 Å². The summed E-state index contributed by atoms with van der Waals surface area (Å²) in [4.78, 5) is 2.46. The molecule has 1 saturated heterocycles. The first-order valence-corrected chi connectivity index (χ1v) is 6.78. The molecule has 1 aliphatic rings. The van der Waals surface area contributed by atoms with Gasteiger partial charge in [0.25, 0.3) is 0 Å². The molecule has 0 radical (unpaired) electrons. The second-order valence-electron chi connectivity index (χ2n) is 4.58. The van der Waals surface area contributed by atoms with Crippen LogP contribution in [0.4, 0.5) is 0 Å². The first-order valence-electron chi connectivity index (χ1n) is 5.99. The lowest BCUT2D eigenvalue weighted by Gasteiger charge is -2.30. The van der Waals surface area contributed by atoms with Crippen LogP contribution in [0.25, 0.3) is 0 Å². The molecule has 1 aliphatic heterocycles. The minimum atomic E-state index is 0. The minimum absolute atomic E-state index is 0. The van der Waals surface area contributed by atoms with Crippen molar-refractivity contribution < 1.29 is 4.74 Å². The number of ether oxygens (including phenoxy) is 1. The van der Waals surface area contributed by atoms with Crippen LogP contribution in [0.15, 0.2) is 22.7 Å². The normalized spacial score (nSPS) is 17.3. The van der Waals surface area contributed by atoms with Crippen LogP contribution in [0, 0.1) is 0 Å². The average Bonchev–Trinajstić information content (AvgIpc) is 2.32. The third-order valence-corrected chi connectivity index (χ3v) is 3.87. The lowest BCUT2D eigenvalue weighted by molar-refractivity contribution is 0.205. The van der Waals surface area contributed by atoms with Gasteiger partial charge in [-0.2, -0.15) is 0 Å². The molecule has 0 unspecified atom stereocenters. The third-order valence-electron chi connectivity index (χ3n) is 3.25. The molecule has 0 atom stereocenters.